The summed E-state index contributed by atoms with van der Waals surface area (Å²) in [6, 6.07) is 8.83. The predicted molar refractivity (Wildman–Crippen MR) is 72.0 cm³/mol. The molecule has 0 saturated heterocycles. The fourth-order valence-electron chi connectivity index (χ4n) is 1.43. The van der Waals surface area contributed by atoms with E-state index in [-0.39, 0.29) is 6.61 Å². The van der Waals surface area contributed by atoms with Gasteiger partial charge in [0.1, 0.15) is 18.5 Å². The van der Waals surface area contributed by atoms with Crippen LogP contribution in [0.25, 0.3) is 0 Å². The Morgan fingerprint density at radius 2 is 2.11 bits per heavy atom. The zero-order valence-electron chi connectivity index (χ0n) is 11.1. The number of aliphatic hydroxyl groups excluding tert-OH is 1. The van der Waals surface area contributed by atoms with E-state index in [4.69, 9.17) is 14.7 Å². The molecule has 0 heterocycles. The average Bonchev–Trinajstić information content (AvgIpc) is 2.45. The van der Waals surface area contributed by atoms with E-state index in [2.05, 4.69) is 5.32 Å². The van der Waals surface area contributed by atoms with Crippen molar-refractivity contribution in [3.8, 4) is 11.8 Å². The van der Waals surface area contributed by atoms with Crippen molar-refractivity contribution in [2.75, 3.05) is 32.9 Å². The highest BCUT2D eigenvalue weighted by molar-refractivity contribution is 5.34. The first kappa shape index (κ1) is 15.4. The third-order valence-corrected chi connectivity index (χ3v) is 2.43. The molecule has 0 aromatic heterocycles. The van der Waals surface area contributed by atoms with Crippen molar-refractivity contribution in [3.63, 3.8) is 0 Å². The van der Waals surface area contributed by atoms with Crippen molar-refractivity contribution in [2.45, 2.75) is 13.0 Å². The van der Waals surface area contributed by atoms with E-state index in [9.17, 15) is 5.11 Å². The fourth-order valence-corrected chi connectivity index (χ4v) is 1.43. The summed E-state index contributed by atoms with van der Waals surface area (Å²) in [7, 11) is 0. The largest absolute Gasteiger partial charge is 0.491 e. The molecule has 0 aliphatic carbocycles. The van der Waals surface area contributed by atoms with Crippen LogP contribution in [0.1, 0.15) is 12.5 Å². The zero-order valence-corrected chi connectivity index (χ0v) is 11.1. The molecule has 1 unspecified atom stereocenters. The van der Waals surface area contributed by atoms with E-state index in [0.29, 0.717) is 37.6 Å². The predicted octanol–water partition coefficient (Wildman–Crippen LogP) is 0.924. The van der Waals surface area contributed by atoms with Gasteiger partial charge in [-0.2, -0.15) is 5.26 Å². The summed E-state index contributed by atoms with van der Waals surface area (Å²) >= 11 is 0. The van der Waals surface area contributed by atoms with Gasteiger partial charge in [0.25, 0.3) is 0 Å². The molecule has 1 aromatic rings. The summed E-state index contributed by atoms with van der Waals surface area (Å²) in [5.74, 6) is 0.646. The maximum absolute atomic E-state index is 9.69. The highest BCUT2D eigenvalue weighted by Crippen LogP contribution is 2.11. The Labute approximate surface area is 113 Å². The highest BCUT2D eigenvalue weighted by atomic mass is 16.5. The molecule has 0 saturated carbocycles. The molecule has 0 aliphatic rings. The molecule has 0 radical (unpaired) electrons. The van der Waals surface area contributed by atoms with E-state index < -0.39 is 6.10 Å². The van der Waals surface area contributed by atoms with Crippen molar-refractivity contribution >= 4 is 0 Å². The van der Waals surface area contributed by atoms with Crippen LogP contribution in [-0.4, -0.2) is 44.1 Å². The minimum absolute atomic E-state index is 0.216. The van der Waals surface area contributed by atoms with Crippen LogP contribution >= 0.6 is 0 Å². The van der Waals surface area contributed by atoms with Crippen LogP contribution in [0.2, 0.25) is 0 Å². The third kappa shape index (κ3) is 6.77. The zero-order chi connectivity index (χ0) is 13.9. The Balaban J connectivity index is 2.15. The summed E-state index contributed by atoms with van der Waals surface area (Å²) < 4.78 is 10.6. The normalized spacial score (nSPS) is 11.8. The lowest BCUT2D eigenvalue weighted by Gasteiger charge is -2.13. The lowest BCUT2D eigenvalue weighted by atomic mass is 10.2. The Morgan fingerprint density at radius 3 is 2.74 bits per heavy atom. The standard InChI is InChI=1S/C14H20N2O3/c1-2-18-8-7-16-10-13(17)11-19-14-5-3-12(9-15)4-6-14/h3-6,13,16-17H,2,7-8,10-11H2,1H3. The Hall–Kier alpha value is -1.61. The third-order valence-electron chi connectivity index (χ3n) is 2.43. The van der Waals surface area contributed by atoms with E-state index in [1.54, 1.807) is 24.3 Å². The number of nitrogens with zero attached hydrogens (tertiary/aromatic N) is 1. The number of rotatable bonds is 9. The first-order valence-electron chi connectivity index (χ1n) is 6.35. The number of ether oxygens (including phenoxy) is 2. The number of hydrogen-bond acceptors (Lipinski definition) is 5. The first-order chi connectivity index (χ1) is 9.26. The number of nitriles is 1. The summed E-state index contributed by atoms with van der Waals surface area (Å²) in [5.41, 5.74) is 0.588. The van der Waals surface area contributed by atoms with Gasteiger partial charge in [0.2, 0.25) is 0 Å². The van der Waals surface area contributed by atoms with Crippen LogP contribution in [0.5, 0.6) is 5.75 Å². The summed E-state index contributed by atoms with van der Waals surface area (Å²) in [4.78, 5) is 0. The van der Waals surface area contributed by atoms with Gasteiger partial charge in [0.15, 0.2) is 0 Å². The second-order valence-corrected chi connectivity index (χ2v) is 4.00. The van der Waals surface area contributed by atoms with Crippen LogP contribution < -0.4 is 10.1 Å². The van der Waals surface area contributed by atoms with Crippen molar-refractivity contribution in [1.82, 2.24) is 5.32 Å². The first-order valence-corrected chi connectivity index (χ1v) is 6.35. The molecule has 0 aliphatic heterocycles. The number of aliphatic hydroxyl groups is 1. The molecule has 5 heteroatoms. The maximum Gasteiger partial charge on any atom is 0.119 e. The number of nitrogens with one attached hydrogen (secondary N) is 1. The lowest BCUT2D eigenvalue weighted by molar-refractivity contribution is 0.100. The lowest BCUT2D eigenvalue weighted by Crippen LogP contribution is -2.33. The number of hydrogen-bond donors (Lipinski definition) is 2. The topological polar surface area (TPSA) is 74.5 Å². The summed E-state index contributed by atoms with van der Waals surface area (Å²) in [6.45, 7) is 4.67. The van der Waals surface area contributed by atoms with Crippen LogP contribution in [0.15, 0.2) is 24.3 Å². The minimum Gasteiger partial charge on any atom is -0.491 e. The Kier molecular flexibility index (Phi) is 7.59. The van der Waals surface area contributed by atoms with E-state index in [1.807, 2.05) is 13.0 Å². The Morgan fingerprint density at radius 1 is 1.37 bits per heavy atom. The molecule has 1 rings (SSSR count). The minimum atomic E-state index is -0.572. The summed E-state index contributed by atoms with van der Waals surface area (Å²) in [5, 5.41) is 21.4. The van der Waals surface area contributed by atoms with Gasteiger partial charge in [0, 0.05) is 19.7 Å². The molecule has 2 N–H and O–H groups in total. The molecule has 0 amide bonds. The molecule has 0 bridgehead atoms. The van der Waals surface area contributed by atoms with Crippen molar-refractivity contribution in [3.05, 3.63) is 29.8 Å². The monoisotopic (exact) mass is 264 g/mol. The van der Waals surface area contributed by atoms with E-state index >= 15 is 0 Å². The van der Waals surface area contributed by atoms with Crippen molar-refractivity contribution in [1.29, 1.82) is 5.26 Å². The molecule has 0 fully saturated rings. The molecule has 104 valence electrons. The van der Waals surface area contributed by atoms with Gasteiger partial charge >= 0.3 is 0 Å². The quantitative estimate of drug-likeness (QED) is 0.649. The Bertz CT molecular complexity index is 387. The molecular formula is C14H20N2O3. The molecule has 1 atom stereocenters. The highest BCUT2D eigenvalue weighted by Gasteiger charge is 2.04. The van der Waals surface area contributed by atoms with Crippen LogP contribution in [0.3, 0.4) is 0 Å². The van der Waals surface area contributed by atoms with E-state index in [1.165, 1.54) is 0 Å². The van der Waals surface area contributed by atoms with Gasteiger partial charge in [-0.05, 0) is 31.2 Å². The smallest absolute Gasteiger partial charge is 0.119 e. The van der Waals surface area contributed by atoms with Crippen LogP contribution in [0, 0.1) is 11.3 Å². The van der Waals surface area contributed by atoms with Gasteiger partial charge in [-0.1, -0.05) is 0 Å². The van der Waals surface area contributed by atoms with E-state index in [0.717, 1.165) is 0 Å². The molecule has 0 spiro atoms. The van der Waals surface area contributed by atoms with Crippen LogP contribution in [0.4, 0.5) is 0 Å². The van der Waals surface area contributed by atoms with Gasteiger partial charge in [-0.3, -0.25) is 0 Å². The fraction of sp³-hybridized carbons (Fsp3) is 0.500. The van der Waals surface area contributed by atoms with Gasteiger partial charge in [-0.15, -0.1) is 0 Å². The maximum atomic E-state index is 9.69. The second-order valence-electron chi connectivity index (χ2n) is 4.00. The number of benzene rings is 1. The second kappa shape index (κ2) is 9.34. The molecular weight excluding hydrogens is 244 g/mol. The van der Waals surface area contributed by atoms with Gasteiger partial charge in [-0.25, -0.2) is 0 Å². The van der Waals surface area contributed by atoms with Crippen LogP contribution in [-0.2, 0) is 4.74 Å². The molecule has 19 heavy (non-hydrogen) atoms. The molecule has 1 aromatic carbocycles. The molecule has 5 nitrogen and oxygen atoms in total. The van der Waals surface area contributed by atoms with Crippen molar-refractivity contribution < 1.29 is 14.6 Å². The SMILES string of the molecule is CCOCCNCC(O)COc1ccc(C#N)cc1. The van der Waals surface area contributed by atoms with Gasteiger partial charge in [0.05, 0.1) is 18.2 Å². The average molecular weight is 264 g/mol. The van der Waals surface area contributed by atoms with Gasteiger partial charge < -0.3 is 19.9 Å². The van der Waals surface area contributed by atoms with Crippen molar-refractivity contribution in [2.24, 2.45) is 0 Å². The summed E-state index contributed by atoms with van der Waals surface area (Å²) in [6.07, 6.45) is -0.572.